The minimum atomic E-state index is -3.62. The number of anilines is 1. The molecule has 0 saturated carbocycles. The maximum atomic E-state index is 12.2. The molecule has 0 fully saturated rings. The van der Waals surface area contributed by atoms with Gasteiger partial charge in [0.1, 0.15) is 5.82 Å². The first kappa shape index (κ1) is 18.1. The van der Waals surface area contributed by atoms with Crippen LogP contribution in [0.3, 0.4) is 0 Å². The number of sulfonamides is 1. The topological polar surface area (TPSA) is 88.2 Å². The second-order valence-corrected chi connectivity index (χ2v) is 8.18. The molecular formula is C17H21N3O3S. The Morgan fingerprint density at radius 1 is 1.04 bits per heavy atom. The van der Waals surface area contributed by atoms with Crippen molar-refractivity contribution in [2.24, 2.45) is 0 Å². The number of hydrogen-bond donors (Lipinski definition) is 2. The smallest absolute Gasteiger partial charge is 0.256 e. The Morgan fingerprint density at radius 3 is 2.21 bits per heavy atom. The van der Waals surface area contributed by atoms with E-state index in [1.165, 1.54) is 24.3 Å². The number of aromatic nitrogens is 1. The molecule has 0 atom stereocenters. The number of nitrogens with zero attached hydrogens (tertiary/aromatic N) is 1. The lowest BCUT2D eigenvalue weighted by atomic mass is 10.1. The molecule has 7 heteroatoms. The number of aryl methyl sites for hydroxylation is 1. The van der Waals surface area contributed by atoms with Crippen LogP contribution >= 0.6 is 0 Å². The molecule has 24 heavy (non-hydrogen) atoms. The van der Waals surface area contributed by atoms with Crippen LogP contribution in [0.2, 0.25) is 0 Å². The summed E-state index contributed by atoms with van der Waals surface area (Å²) in [6.07, 6.45) is 0. The molecule has 0 aliphatic rings. The van der Waals surface area contributed by atoms with Gasteiger partial charge in [0.25, 0.3) is 5.91 Å². The predicted molar refractivity (Wildman–Crippen MR) is 93.4 cm³/mol. The fraction of sp³-hybridized carbons (Fsp3) is 0.294. The fourth-order valence-corrected chi connectivity index (χ4v) is 3.47. The number of benzene rings is 1. The van der Waals surface area contributed by atoms with E-state index in [0.717, 1.165) is 5.69 Å². The number of pyridine rings is 1. The first-order chi connectivity index (χ1) is 11.1. The Hall–Kier alpha value is -2.25. The molecule has 1 amide bonds. The molecule has 0 bridgehead atoms. The lowest BCUT2D eigenvalue weighted by Gasteiger charge is -2.20. The molecule has 128 valence electrons. The molecule has 1 aromatic carbocycles. The third kappa shape index (κ3) is 4.87. The van der Waals surface area contributed by atoms with Gasteiger partial charge in [0.2, 0.25) is 10.0 Å². The van der Waals surface area contributed by atoms with Crippen molar-refractivity contribution in [1.29, 1.82) is 0 Å². The molecule has 1 heterocycles. The normalized spacial score (nSPS) is 12.0. The molecule has 1 aromatic heterocycles. The van der Waals surface area contributed by atoms with E-state index in [9.17, 15) is 13.2 Å². The lowest BCUT2D eigenvalue weighted by Crippen LogP contribution is -2.40. The van der Waals surface area contributed by atoms with Crippen LogP contribution < -0.4 is 10.0 Å². The number of nitrogens with one attached hydrogen (secondary N) is 2. The Labute approximate surface area is 142 Å². The van der Waals surface area contributed by atoms with E-state index < -0.39 is 15.6 Å². The highest BCUT2D eigenvalue weighted by atomic mass is 32.2. The Morgan fingerprint density at radius 2 is 1.67 bits per heavy atom. The molecule has 2 rings (SSSR count). The summed E-state index contributed by atoms with van der Waals surface area (Å²) < 4.78 is 27.0. The summed E-state index contributed by atoms with van der Waals surface area (Å²) in [6, 6.07) is 11.1. The summed E-state index contributed by atoms with van der Waals surface area (Å²) in [7, 11) is -3.62. The molecule has 0 unspecified atom stereocenters. The minimum absolute atomic E-state index is 0.114. The molecule has 2 aromatic rings. The van der Waals surface area contributed by atoms with Gasteiger partial charge in [0.15, 0.2) is 0 Å². The van der Waals surface area contributed by atoms with Crippen LogP contribution in [0.5, 0.6) is 0 Å². The van der Waals surface area contributed by atoms with E-state index in [1.54, 1.807) is 32.9 Å². The SMILES string of the molecule is Cc1cccc(NC(=O)c2ccc(S(=O)(=O)NC(C)(C)C)cc2)n1. The van der Waals surface area contributed by atoms with Gasteiger partial charge in [-0.2, -0.15) is 0 Å². The predicted octanol–water partition coefficient (Wildman–Crippen LogP) is 2.72. The highest BCUT2D eigenvalue weighted by molar-refractivity contribution is 7.89. The zero-order valence-corrected chi connectivity index (χ0v) is 14.9. The quantitative estimate of drug-likeness (QED) is 0.890. The number of rotatable bonds is 4. The van der Waals surface area contributed by atoms with E-state index in [4.69, 9.17) is 0 Å². The third-order valence-corrected chi connectivity index (χ3v) is 4.77. The Balaban J connectivity index is 2.16. The monoisotopic (exact) mass is 347 g/mol. The minimum Gasteiger partial charge on any atom is -0.307 e. The van der Waals surface area contributed by atoms with Crippen LogP contribution in [-0.2, 0) is 10.0 Å². The van der Waals surface area contributed by atoms with Crippen LogP contribution in [0.15, 0.2) is 47.4 Å². The van der Waals surface area contributed by atoms with Crippen molar-refractivity contribution in [2.45, 2.75) is 38.1 Å². The van der Waals surface area contributed by atoms with E-state index >= 15 is 0 Å². The van der Waals surface area contributed by atoms with Gasteiger partial charge in [-0.1, -0.05) is 6.07 Å². The Bertz CT molecular complexity index is 838. The van der Waals surface area contributed by atoms with Gasteiger partial charge in [-0.15, -0.1) is 0 Å². The number of amides is 1. The maximum Gasteiger partial charge on any atom is 0.256 e. The van der Waals surface area contributed by atoms with Crippen molar-refractivity contribution in [3.63, 3.8) is 0 Å². The summed E-state index contributed by atoms with van der Waals surface area (Å²) in [5, 5.41) is 2.68. The van der Waals surface area contributed by atoms with Crippen molar-refractivity contribution in [2.75, 3.05) is 5.32 Å². The number of carbonyl (C=O) groups is 1. The highest BCUT2D eigenvalue weighted by Gasteiger charge is 2.22. The standard InChI is InChI=1S/C17H21N3O3S/c1-12-6-5-7-15(18-12)19-16(21)13-8-10-14(11-9-13)24(22,23)20-17(2,3)4/h5-11,20H,1-4H3,(H,18,19,21). The summed E-state index contributed by atoms with van der Waals surface area (Å²) >= 11 is 0. The average molecular weight is 347 g/mol. The maximum absolute atomic E-state index is 12.2. The lowest BCUT2D eigenvalue weighted by molar-refractivity contribution is 0.102. The Kier molecular flexibility index (Phi) is 5.05. The van der Waals surface area contributed by atoms with Crippen molar-refractivity contribution >= 4 is 21.7 Å². The molecule has 0 radical (unpaired) electrons. The summed E-state index contributed by atoms with van der Waals surface area (Å²) in [6.45, 7) is 7.13. The first-order valence-corrected chi connectivity index (χ1v) is 8.94. The van der Waals surface area contributed by atoms with E-state index in [-0.39, 0.29) is 10.8 Å². The zero-order valence-electron chi connectivity index (χ0n) is 14.1. The van der Waals surface area contributed by atoms with Crippen LogP contribution in [0, 0.1) is 6.92 Å². The van der Waals surface area contributed by atoms with Gasteiger partial charge in [-0.25, -0.2) is 18.1 Å². The van der Waals surface area contributed by atoms with E-state index in [0.29, 0.717) is 11.4 Å². The van der Waals surface area contributed by atoms with Crippen molar-refractivity contribution < 1.29 is 13.2 Å². The van der Waals surface area contributed by atoms with Crippen molar-refractivity contribution in [1.82, 2.24) is 9.71 Å². The molecule has 0 aliphatic carbocycles. The average Bonchev–Trinajstić information content (AvgIpc) is 2.45. The fourth-order valence-electron chi connectivity index (χ4n) is 2.05. The van der Waals surface area contributed by atoms with Gasteiger partial charge in [0.05, 0.1) is 4.90 Å². The summed E-state index contributed by atoms with van der Waals surface area (Å²) in [5.74, 6) is 0.104. The van der Waals surface area contributed by atoms with Crippen LogP contribution in [0.1, 0.15) is 36.8 Å². The van der Waals surface area contributed by atoms with E-state index in [2.05, 4.69) is 15.0 Å². The largest absolute Gasteiger partial charge is 0.307 e. The third-order valence-electron chi connectivity index (χ3n) is 3.00. The van der Waals surface area contributed by atoms with E-state index in [1.807, 2.05) is 13.0 Å². The number of carbonyl (C=O) groups excluding carboxylic acids is 1. The summed E-state index contributed by atoms with van der Waals surface area (Å²) in [5.41, 5.74) is 0.571. The van der Waals surface area contributed by atoms with Gasteiger partial charge in [-0.05, 0) is 64.1 Å². The number of hydrogen-bond acceptors (Lipinski definition) is 4. The molecular weight excluding hydrogens is 326 g/mol. The highest BCUT2D eigenvalue weighted by Crippen LogP contribution is 2.15. The zero-order chi connectivity index (χ0) is 18.0. The second-order valence-electron chi connectivity index (χ2n) is 6.50. The van der Waals surface area contributed by atoms with Crippen LogP contribution in [-0.4, -0.2) is 24.8 Å². The summed E-state index contributed by atoms with van der Waals surface area (Å²) in [4.78, 5) is 16.5. The van der Waals surface area contributed by atoms with Crippen molar-refractivity contribution in [3.8, 4) is 0 Å². The van der Waals surface area contributed by atoms with Crippen LogP contribution in [0.25, 0.3) is 0 Å². The molecule has 0 saturated heterocycles. The molecule has 6 nitrogen and oxygen atoms in total. The van der Waals surface area contributed by atoms with Gasteiger partial charge < -0.3 is 5.32 Å². The molecule has 2 N–H and O–H groups in total. The second kappa shape index (κ2) is 6.70. The van der Waals surface area contributed by atoms with Gasteiger partial charge in [-0.3, -0.25) is 4.79 Å². The van der Waals surface area contributed by atoms with Crippen LogP contribution in [0.4, 0.5) is 5.82 Å². The van der Waals surface area contributed by atoms with Gasteiger partial charge >= 0.3 is 0 Å². The molecule has 0 aliphatic heterocycles. The van der Waals surface area contributed by atoms with Gasteiger partial charge in [0, 0.05) is 16.8 Å². The first-order valence-electron chi connectivity index (χ1n) is 7.46. The molecule has 0 spiro atoms. The van der Waals surface area contributed by atoms with Crippen molar-refractivity contribution in [3.05, 3.63) is 53.7 Å².